The van der Waals surface area contributed by atoms with Gasteiger partial charge >= 0.3 is 0 Å². The molecule has 2 aromatic carbocycles. The van der Waals surface area contributed by atoms with Gasteiger partial charge in [-0.3, -0.25) is 0 Å². The molecule has 0 atom stereocenters. The minimum absolute atomic E-state index is 0.254. The van der Waals surface area contributed by atoms with Crippen LogP contribution in [0.3, 0.4) is 0 Å². The number of halogens is 2. The number of hydrogen-bond donors (Lipinski definition) is 0. The molecule has 0 aromatic heterocycles. The third-order valence-corrected chi connectivity index (χ3v) is 3.52. The lowest BCUT2D eigenvalue weighted by atomic mass is 10.2. The van der Waals surface area contributed by atoms with Gasteiger partial charge in [0.1, 0.15) is 11.5 Å². The van der Waals surface area contributed by atoms with E-state index in [0.29, 0.717) is 17.4 Å². The molecule has 2 aromatic rings. The second-order valence-corrected chi connectivity index (χ2v) is 5.19. The molecule has 0 saturated carbocycles. The van der Waals surface area contributed by atoms with Crippen molar-refractivity contribution in [1.82, 2.24) is 0 Å². The van der Waals surface area contributed by atoms with Crippen LogP contribution in [-0.4, -0.2) is 6.79 Å². The highest BCUT2D eigenvalue weighted by Crippen LogP contribution is 2.37. The van der Waals surface area contributed by atoms with E-state index in [2.05, 4.69) is 15.9 Å². The van der Waals surface area contributed by atoms with Gasteiger partial charge in [-0.15, -0.1) is 11.6 Å². The quantitative estimate of drug-likeness (QED) is 0.757. The van der Waals surface area contributed by atoms with Crippen molar-refractivity contribution in [1.29, 1.82) is 0 Å². The maximum absolute atomic E-state index is 5.92. The molecule has 3 nitrogen and oxygen atoms in total. The third kappa shape index (κ3) is 2.65. The van der Waals surface area contributed by atoms with E-state index in [9.17, 15) is 0 Å². The average molecular weight is 342 g/mol. The molecule has 0 fully saturated rings. The molecule has 1 aliphatic rings. The largest absolute Gasteiger partial charge is 0.457 e. The van der Waals surface area contributed by atoms with E-state index in [4.69, 9.17) is 25.8 Å². The summed E-state index contributed by atoms with van der Waals surface area (Å²) in [5.41, 5.74) is 0.925. The molecule has 0 unspecified atom stereocenters. The van der Waals surface area contributed by atoms with Crippen molar-refractivity contribution in [2.75, 3.05) is 6.79 Å². The fourth-order valence-corrected chi connectivity index (χ4v) is 2.44. The molecule has 1 heterocycles. The Kier molecular flexibility index (Phi) is 3.53. The minimum atomic E-state index is 0.254. The Balaban J connectivity index is 1.89. The number of fused-ring (bicyclic) bond motifs is 1. The van der Waals surface area contributed by atoms with Crippen LogP contribution in [0.1, 0.15) is 5.56 Å². The van der Waals surface area contributed by atoms with Crippen molar-refractivity contribution in [2.24, 2.45) is 0 Å². The zero-order chi connectivity index (χ0) is 13.2. The number of alkyl halides is 1. The van der Waals surface area contributed by atoms with E-state index in [-0.39, 0.29) is 6.79 Å². The summed E-state index contributed by atoms with van der Waals surface area (Å²) in [7, 11) is 0. The fourth-order valence-electron chi connectivity index (χ4n) is 1.82. The number of ether oxygens (including phenoxy) is 3. The number of rotatable bonds is 3. The molecule has 5 heteroatoms. The second kappa shape index (κ2) is 5.31. The van der Waals surface area contributed by atoms with Crippen molar-refractivity contribution in [3.8, 4) is 23.0 Å². The molecule has 0 spiro atoms. The Hall–Kier alpha value is -1.39. The van der Waals surface area contributed by atoms with Crippen molar-refractivity contribution in [3.63, 3.8) is 0 Å². The van der Waals surface area contributed by atoms with Gasteiger partial charge in [-0.1, -0.05) is 15.9 Å². The van der Waals surface area contributed by atoms with Gasteiger partial charge in [-0.25, -0.2) is 0 Å². The van der Waals surface area contributed by atoms with E-state index < -0.39 is 0 Å². The molecule has 98 valence electrons. The standard InChI is InChI=1S/C14H10BrClO3/c15-10-1-3-12(9(5-10)7-16)19-11-2-4-13-14(6-11)18-8-17-13/h1-6H,7-8H2. The first kappa shape index (κ1) is 12.6. The Morgan fingerprint density at radius 3 is 2.79 bits per heavy atom. The van der Waals surface area contributed by atoms with Gasteiger partial charge in [-0.05, 0) is 30.3 Å². The fraction of sp³-hybridized carbons (Fsp3) is 0.143. The molecule has 19 heavy (non-hydrogen) atoms. The first-order chi connectivity index (χ1) is 9.26. The first-order valence-electron chi connectivity index (χ1n) is 5.68. The maximum Gasteiger partial charge on any atom is 0.231 e. The molecular formula is C14H10BrClO3. The van der Waals surface area contributed by atoms with Crippen LogP contribution in [0.2, 0.25) is 0 Å². The van der Waals surface area contributed by atoms with Crippen LogP contribution in [0.25, 0.3) is 0 Å². The van der Waals surface area contributed by atoms with Gasteiger partial charge in [-0.2, -0.15) is 0 Å². The highest BCUT2D eigenvalue weighted by Gasteiger charge is 2.14. The van der Waals surface area contributed by atoms with Crippen molar-refractivity contribution in [3.05, 3.63) is 46.4 Å². The molecular weight excluding hydrogens is 332 g/mol. The summed E-state index contributed by atoms with van der Waals surface area (Å²) in [6.45, 7) is 0.254. The van der Waals surface area contributed by atoms with Gasteiger partial charge in [0.15, 0.2) is 11.5 Å². The topological polar surface area (TPSA) is 27.7 Å². The molecule has 0 amide bonds. The van der Waals surface area contributed by atoms with E-state index in [1.807, 2.05) is 36.4 Å². The number of hydrogen-bond acceptors (Lipinski definition) is 3. The zero-order valence-corrected chi connectivity index (χ0v) is 12.2. The van der Waals surface area contributed by atoms with Gasteiger partial charge in [0, 0.05) is 16.1 Å². The SMILES string of the molecule is ClCc1cc(Br)ccc1Oc1ccc2c(c1)OCO2. The van der Waals surface area contributed by atoms with Gasteiger partial charge in [0.25, 0.3) is 0 Å². The van der Waals surface area contributed by atoms with Crippen LogP contribution in [0.4, 0.5) is 0 Å². The first-order valence-corrected chi connectivity index (χ1v) is 7.01. The van der Waals surface area contributed by atoms with Crippen LogP contribution >= 0.6 is 27.5 Å². The molecule has 0 bridgehead atoms. The zero-order valence-electron chi connectivity index (χ0n) is 9.86. The summed E-state index contributed by atoms with van der Waals surface area (Å²) in [5.74, 6) is 3.25. The molecule has 3 rings (SSSR count). The smallest absolute Gasteiger partial charge is 0.231 e. The normalized spacial score (nSPS) is 12.5. The molecule has 0 saturated heterocycles. The highest BCUT2D eigenvalue weighted by atomic mass is 79.9. The van der Waals surface area contributed by atoms with Gasteiger partial charge in [0.05, 0.1) is 5.88 Å². The maximum atomic E-state index is 5.92. The summed E-state index contributed by atoms with van der Waals surface area (Å²) < 4.78 is 17.4. The summed E-state index contributed by atoms with van der Waals surface area (Å²) in [5, 5.41) is 0. The van der Waals surface area contributed by atoms with E-state index >= 15 is 0 Å². The Bertz CT molecular complexity index is 616. The number of benzene rings is 2. The molecule has 1 aliphatic heterocycles. The molecule has 0 radical (unpaired) electrons. The summed E-state index contributed by atoms with van der Waals surface area (Å²) in [4.78, 5) is 0. The summed E-state index contributed by atoms with van der Waals surface area (Å²) in [6, 6.07) is 11.2. The Morgan fingerprint density at radius 1 is 1.11 bits per heavy atom. The average Bonchev–Trinajstić information content (AvgIpc) is 2.88. The predicted octanol–water partition coefficient (Wildman–Crippen LogP) is 4.71. The van der Waals surface area contributed by atoms with Crippen molar-refractivity contribution < 1.29 is 14.2 Å². The predicted molar refractivity (Wildman–Crippen MR) is 76.3 cm³/mol. The highest BCUT2D eigenvalue weighted by molar-refractivity contribution is 9.10. The summed E-state index contributed by atoms with van der Waals surface area (Å²) >= 11 is 9.33. The van der Waals surface area contributed by atoms with Crippen LogP contribution < -0.4 is 14.2 Å². The van der Waals surface area contributed by atoms with Crippen LogP contribution in [-0.2, 0) is 5.88 Å². The van der Waals surface area contributed by atoms with Gasteiger partial charge < -0.3 is 14.2 Å². The van der Waals surface area contributed by atoms with Crippen LogP contribution in [0, 0.1) is 0 Å². The third-order valence-electron chi connectivity index (χ3n) is 2.74. The Labute approximate surface area is 124 Å². The van der Waals surface area contributed by atoms with E-state index in [1.165, 1.54) is 0 Å². The second-order valence-electron chi connectivity index (χ2n) is 4.00. The van der Waals surface area contributed by atoms with Crippen LogP contribution in [0.5, 0.6) is 23.0 Å². The van der Waals surface area contributed by atoms with E-state index in [0.717, 1.165) is 21.5 Å². The van der Waals surface area contributed by atoms with Crippen LogP contribution in [0.15, 0.2) is 40.9 Å². The van der Waals surface area contributed by atoms with Crippen molar-refractivity contribution >= 4 is 27.5 Å². The Morgan fingerprint density at radius 2 is 1.95 bits per heavy atom. The minimum Gasteiger partial charge on any atom is -0.457 e. The van der Waals surface area contributed by atoms with E-state index in [1.54, 1.807) is 0 Å². The lowest BCUT2D eigenvalue weighted by Gasteiger charge is -2.10. The lowest BCUT2D eigenvalue weighted by molar-refractivity contribution is 0.174. The molecule has 0 N–H and O–H groups in total. The van der Waals surface area contributed by atoms with Gasteiger partial charge in [0.2, 0.25) is 6.79 Å². The summed E-state index contributed by atoms with van der Waals surface area (Å²) in [6.07, 6.45) is 0. The monoisotopic (exact) mass is 340 g/mol. The lowest BCUT2D eigenvalue weighted by Crippen LogP contribution is -1.93. The molecule has 0 aliphatic carbocycles. The van der Waals surface area contributed by atoms with Crippen molar-refractivity contribution in [2.45, 2.75) is 5.88 Å².